The van der Waals surface area contributed by atoms with Crippen molar-refractivity contribution in [1.29, 1.82) is 0 Å². The first-order chi connectivity index (χ1) is 34.3. The predicted molar refractivity (Wildman–Crippen MR) is 284 cm³/mol. The SMILES string of the molecule is Cc1cccc(C2=CC=CC2)c1N1C(=O)c2c(Sc3ccccc3)ccc(-c3ccc(-c4ccc(Sc5ccccc5)c5c4C(=O)N(c4c(C)cccc4C4=CC=CC4)C5=O)c4ccccc34)c2C1=O. The minimum absolute atomic E-state index is 0.345. The molecule has 4 amide bonds. The molecule has 0 saturated carbocycles. The van der Waals surface area contributed by atoms with E-state index in [9.17, 15) is 0 Å². The van der Waals surface area contributed by atoms with Gasteiger partial charge in [0.05, 0.1) is 33.6 Å². The van der Waals surface area contributed by atoms with Gasteiger partial charge in [-0.15, -0.1) is 0 Å². The molecule has 336 valence electrons. The summed E-state index contributed by atoms with van der Waals surface area (Å²) in [6.45, 7) is 3.90. The van der Waals surface area contributed by atoms with Gasteiger partial charge in [-0.05, 0) is 118 Å². The molecular weight excluding hydrogens is 901 g/mol. The van der Waals surface area contributed by atoms with Gasteiger partial charge in [0.15, 0.2) is 0 Å². The standard InChI is InChI=1S/C62H42N2O4S2/c1-37-17-15-29-43(39-19-9-10-20-39)57(37)63-59(65)53-49(33-35-51(55(53)61(63)67)69-41-23-5-3-6-24-41)47-31-32-48(46-28-14-13-27-45(46)47)50-34-36-52(70-42-25-7-4-8-26-42)56-54(50)60(66)64(62(56)68)58-38(2)18-16-30-44(58)40-21-11-12-22-40/h3-19,21,23-36H,20,22H2,1-2H3. The van der Waals surface area contributed by atoms with Crippen LogP contribution in [0.3, 0.4) is 0 Å². The number of rotatable bonds is 10. The van der Waals surface area contributed by atoms with Crippen molar-refractivity contribution >= 4 is 80.4 Å². The van der Waals surface area contributed by atoms with Crippen LogP contribution < -0.4 is 9.80 Å². The van der Waals surface area contributed by atoms with Gasteiger partial charge in [0.1, 0.15) is 0 Å². The summed E-state index contributed by atoms with van der Waals surface area (Å²) < 4.78 is 0. The Hall–Kier alpha value is -8.04. The first kappa shape index (κ1) is 43.3. The molecular formula is C62H42N2O4S2. The monoisotopic (exact) mass is 942 g/mol. The lowest BCUT2D eigenvalue weighted by Crippen LogP contribution is -2.31. The highest BCUT2D eigenvalue weighted by molar-refractivity contribution is 7.99. The Balaban J connectivity index is 1.03. The average molecular weight is 943 g/mol. The molecule has 0 spiro atoms. The molecule has 6 nitrogen and oxygen atoms in total. The zero-order valence-electron chi connectivity index (χ0n) is 38.2. The molecule has 2 heterocycles. The molecule has 12 rings (SSSR count). The van der Waals surface area contributed by atoms with E-state index in [0.29, 0.717) is 67.4 Å². The van der Waals surface area contributed by atoms with Gasteiger partial charge in [0, 0.05) is 30.7 Å². The molecule has 8 aromatic carbocycles. The number of fused-ring (bicyclic) bond motifs is 3. The quantitative estimate of drug-likeness (QED) is 0.127. The molecule has 0 aromatic heterocycles. The van der Waals surface area contributed by atoms with Crippen LogP contribution in [-0.4, -0.2) is 23.6 Å². The number of amides is 4. The van der Waals surface area contributed by atoms with E-state index < -0.39 is 0 Å². The number of hydrogen-bond acceptors (Lipinski definition) is 6. The molecule has 0 saturated heterocycles. The molecule has 0 bridgehead atoms. The van der Waals surface area contributed by atoms with E-state index in [2.05, 4.69) is 12.2 Å². The second kappa shape index (κ2) is 17.5. The van der Waals surface area contributed by atoms with Crippen LogP contribution in [0, 0.1) is 13.8 Å². The lowest BCUT2D eigenvalue weighted by atomic mass is 9.87. The van der Waals surface area contributed by atoms with Crippen molar-refractivity contribution in [3.63, 3.8) is 0 Å². The highest BCUT2D eigenvalue weighted by Crippen LogP contribution is 2.49. The minimum atomic E-state index is -0.381. The Morgan fingerprint density at radius 2 is 0.757 bits per heavy atom. The predicted octanol–water partition coefficient (Wildman–Crippen LogP) is 15.4. The van der Waals surface area contributed by atoms with Crippen molar-refractivity contribution in [1.82, 2.24) is 0 Å². The number of carbonyl (C=O) groups excluding carboxylic acids is 4. The zero-order chi connectivity index (χ0) is 47.6. The van der Waals surface area contributed by atoms with Crippen molar-refractivity contribution in [3.8, 4) is 22.3 Å². The molecule has 4 aliphatic rings. The maximum atomic E-state index is 15.4. The Labute approximate surface area is 414 Å². The smallest absolute Gasteiger partial charge is 0.267 e. The topological polar surface area (TPSA) is 74.8 Å². The van der Waals surface area contributed by atoms with Gasteiger partial charge in [0.25, 0.3) is 23.6 Å². The first-order valence-corrected chi connectivity index (χ1v) is 24.9. The van der Waals surface area contributed by atoms with Crippen LogP contribution in [0.4, 0.5) is 11.4 Å². The van der Waals surface area contributed by atoms with E-state index in [1.54, 1.807) is 0 Å². The van der Waals surface area contributed by atoms with Crippen molar-refractivity contribution in [3.05, 3.63) is 239 Å². The van der Waals surface area contributed by atoms with E-state index in [4.69, 9.17) is 0 Å². The van der Waals surface area contributed by atoms with Gasteiger partial charge >= 0.3 is 0 Å². The second-order valence-electron chi connectivity index (χ2n) is 17.7. The minimum Gasteiger partial charge on any atom is -0.268 e. The molecule has 0 atom stereocenters. The number of nitrogens with zero attached hydrogens (tertiary/aromatic N) is 2. The number of allylic oxidation sites excluding steroid dienone is 8. The number of benzene rings is 8. The van der Waals surface area contributed by atoms with Crippen molar-refractivity contribution < 1.29 is 19.2 Å². The molecule has 8 heteroatoms. The number of hydrogen-bond donors (Lipinski definition) is 0. The Morgan fingerprint density at radius 1 is 0.371 bits per heavy atom. The normalized spacial score (nSPS) is 14.8. The number of anilines is 2. The highest BCUT2D eigenvalue weighted by atomic mass is 32.2. The zero-order valence-corrected chi connectivity index (χ0v) is 39.9. The molecule has 0 radical (unpaired) electrons. The number of carbonyl (C=O) groups is 4. The molecule has 0 unspecified atom stereocenters. The number of para-hydroxylation sites is 2. The van der Waals surface area contributed by atoms with Gasteiger partial charge < -0.3 is 0 Å². The van der Waals surface area contributed by atoms with Crippen LogP contribution in [-0.2, 0) is 0 Å². The van der Waals surface area contributed by atoms with Gasteiger partial charge in [-0.25, -0.2) is 9.80 Å². The fraction of sp³-hybridized carbons (Fsp3) is 0.0645. The molecule has 2 aliphatic heterocycles. The van der Waals surface area contributed by atoms with E-state index in [-0.39, 0.29) is 23.6 Å². The summed E-state index contributed by atoms with van der Waals surface area (Å²) in [4.78, 5) is 67.1. The summed E-state index contributed by atoms with van der Waals surface area (Å²) in [6, 6.07) is 51.4. The van der Waals surface area contributed by atoms with Crippen LogP contribution in [0.5, 0.6) is 0 Å². The van der Waals surface area contributed by atoms with E-state index in [1.807, 2.05) is 196 Å². The maximum absolute atomic E-state index is 15.4. The van der Waals surface area contributed by atoms with Crippen LogP contribution in [0.15, 0.2) is 214 Å². The molecule has 8 aromatic rings. The lowest BCUT2D eigenvalue weighted by Gasteiger charge is -2.22. The Morgan fingerprint density at radius 3 is 1.16 bits per heavy atom. The molecule has 0 fully saturated rings. The maximum Gasteiger partial charge on any atom is 0.267 e. The summed E-state index contributed by atoms with van der Waals surface area (Å²) >= 11 is 2.93. The summed E-state index contributed by atoms with van der Waals surface area (Å²) in [5.41, 5.74) is 10.8. The molecule has 2 aliphatic carbocycles. The summed E-state index contributed by atoms with van der Waals surface area (Å²) in [5.74, 6) is -1.49. The van der Waals surface area contributed by atoms with Crippen molar-refractivity contribution in [2.75, 3.05) is 9.80 Å². The molecule has 0 N–H and O–H groups in total. The Bertz CT molecular complexity index is 3470. The van der Waals surface area contributed by atoms with Gasteiger partial charge in [0.2, 0.25) is 0 Å². The fourth-order valence-corrected chi connectivity index (χ4v) is 12.4. The molecule has 70 heavy (non-hydrogen) atoms. The summed E-state index contributed by atoms with van der Waals surface area (Å²) in [7, 11) is 0. The first-order valence-electron chi connectivity index (χ1n) is 23.3. The third kappa shape index (κ3) is 7.05. The number of aryl methyl sites for hydroxylation is 2. The lowest BCUT2D eigenvalue weighted by molar-refractivity contribution is 0.0909. The summed E-state index contributed by atoms with van der Waals surface area (Å²) in [6.07, 6.45) is 13.7. The highest BCUT2D eigenvalue weighted by Gasteiger charge is 2.45. The van der Waals surface area contributed by atoms with E-state index in [1.165, 1.54) is 33.3 Å². The Kier molecular flexibility index (Phi) is 10.8. The van der Waals surface area contributed by atoms with Crippen LogP contribution in [0.1, 0.15) is 76.5 Å². The van der Waals surface area contributed by atoms with E-state index in [0.717, 1.165) is 65.1 Å². The van der Waals surface area contributed by atoms with Gasteiger partial charge in [-0.1, -0.05) is 181 Å². The number of imide groups is 2. The third-order valence-electron chi connectivity index (χ3n) is 13.6. The second-order valence-corrected chi connectivity index (χ2v) is 20.0. The average Bonchev–Trinajstić information content (AvgIpc) is 4.21. The summed E-state index contributed by atoms with van der Waals surface area (Å²) in [5, 5.41) is 1.66. The van der Waals surface area contributed by atoms with Gasteiger partial charge in [-0.2, -0.15) is 0 Å². The van der Waals surface area contributed by atoms with Crippen molar-refractivity contribution in [2.45, 2.75) is 46.3 Å². The third-order valence-corrected chi connectivity index (χ3v) is 15.7. The van der Waals surface area contributed by atoms with Crippen LogP contribution >= 0.6 is 23.5 Å². The van der Waals surface area contributed by atoms with E-state index >= 15 is 19.2 Å². The fourth-order valence-electron chi connectivity index (χ4n) is 10.4. The largest absolute Gasteiger partial charge is 0.268 e. The van der Waals surface area contributed by atoms with Crippen molar-refractivity contribution in [2.24, 2.45) is 0 Å². The van der Waals surface area contributed by atoms with Crippen LogP contribution in [0.25, 0.3) is 44.2 Å². The van der Waals surface area contributed by atoms with Gasteiger partial charge in [-0.3, -0.25) is 19.2 Å². The van der Waals surface area contributed by atoms with Crippen LogP contribution in [0.2, 0.25) is 0 Å².